The summed E-state index contributed by atoms with van der Waals surface area (Å²) in [5.41, 5.74) is 0.799. The van der Waals surface area contributed by atoms with Crippen molar-refractivity contribution in [1.29, 1.82) is 0 Å². The molecule has 0 saturated carbocycles. The van der Waals surface area contributed by atoms with Gasteiger partial charge in [-0.15, -0.1) is 11.3 Å². The van der Waals surface area contributed by atoms with Crippen LogP contribution in [-0.2, 0) is 6.61 Å². The lowest BCUT2D eigenvalue weighted by molar-refractivity contribution is 0.283. The van der Waals surface area contributed by atoms with E-state index in [9.17, 15) is 5.11 Å². The number of phenols is 1. The van der Waals surface area contributed by atoms with E-state index in [0.717, 1.165) is 15.6 Å². The fourth-order valence-corrected chi connectivity index (χ4v) is 2.22. The zero-order chi connectivity index (χ0) is 8.55. The maximum absolute atomic E-state index is 9.47. The predicted molar refractivity (Wildman–Crippen MR) is 49.4 cm³/mol. The fraction of sp³-hybridized carbons (Fsp3) is 0.111. The molecule has 62 valence electrons. The Hall–Kier alpha value is -1.06. The highest BCUT2D eigenvalue weighted by Crippen LogP contribution is 2.32. The van der Waals surface area contributed by atoms with E-state index < -0.39 is 0 Å². The summed E-state index contributed by atoms with van der Waals surface area (Å²) in [6.07, 6.45) is 0. The van der Waals surface area contributed by atoms with Gasteiger partial charge in [0.1, 0.15) is 5.75 Å². The van der Waals surface area contributed by atoms with Gasteiger partial charge in [-0.3, -0.25) is 0 Å². The van der Waals surface area contributed by atoms with Crippen LogP contribution in [0.1, 0.15) is 5.56 Å². The number of aliphatic hydroxyl groups excluding tert-OH is 1. The van der Waals surface area contributed by atoms with Crippen molar-refractivity contribution in [3.8, 4) is 5.75 Å². The molecular weight excluding hydrogens is 172 g/mol. The van der Waals surface area contributed by atoms with Gasteiger partial charge >= 0.3 is 0 Å². The Balaban J connectivity index is 2.83. The zero-order valence-electron chi connectivity index (χ0n) is 6.32. The Kier molecular flexibility index (Phi) is 1.75. The van der Waals surface area contributed by atoms with Crippen molar-refractivity contribution in [2.45, 2.75) is 6.61 Å². The van der Waals surface area contributed by atoms with Crippen molar-refractivity contribution in [2.75, 3.05) is 0 Å². The molecule has 0 spiro atoms. The Morgan fingerprint density at radius 2 is 2.17 bits per heavy atom. The van der Waals surface area contributed by atoms with Crippen molar-refractivity contribution < 1.29 is 10.2 Å². The van der Waals surface area contributed by atoms with Crippen LogP contribution in [0.4, 0.5) is 0 Å². The Morgan fingerprint density at radius 3 is 2.92 bits per heavy atom. The molecule has 0 bridgehead atoms. The molecule has 2 N–H and O–H groups in total. The average molecular weight is 180 g/mol. The quantitative estimate of drug-likeness (QED) is 0.705. The molecule has 0 aliphatic heterocycles. The highest BCUT2D eigenvalue weighted by Gasteiger charge is 2.05. The third-order valence-electron chi connectivity index (χ3n) is 1.82. The van der Waals surface area contributed by atoms with Crippen LogP contribution in [0.3, 0.4) is 0 Å². The number of phenolic OH excluding ortho intramolecular Hbond substituents is 1. The van der Waals surface area contributed by atoms with Gasteiger partial charge in [-0.2, -0.15) is 0 Å². The topological polar surface area (TPSA) is 40.5 Å². The summed E-state index contributed by atoms with van der Waals surface area (Å²) < 4.78 is 1.01. The van der Waals surface area contributed by atoms with E-state index >= 15 is 0 Å². The summed E-state index contributed by atoms with van der Waals surface area (Å²) in [4.78, 5) is 0. The largest absolute Gasteiger partial charge is 0.507 e. The summed E-state index contributed by atoms with van der Waals surface area (Å²) in [5, 5.41) is 21.1. The molecule has 1 aromatic carbocycles. The molecular formula is C9H8O2S. The van der Waals surface area contributed by atoms with E-state index in [-0.39, 0.29) is 12.4 Å². The molecule has 0 aliphatic carbocycles. The first-order chi connectivity index (χ1) is 5.83. The number of fused-ring (bicyclic) bond motifs is 1. The van der Waals surface area contributed by atoms with Gasteiger partial charge in [0.05, 0.1) is 6.61 Å². The molecule has 12 heavy (non-hydrogen) atoms. The van der Waals surface area contributed by atoms with E-state index in [2.05, 4.69) is 0 Å². The molecule has 3 heteroatoms. The molecule has 2 rings (SSSR count). The normalized spacial score (nSPS) is 10.8. The van der Waals surface area contributed by atoms with Gasteiger partial charge in [0, 0.05) is 10.1 Å². The van der Waals surface area contributed by atoms with Crippen molar-refractivity contribution in [3.63, 3.8) is 0 Å². The number of thiophene rings is 1. The number of hydrogen-bond acceptors (Lipinski definition) is 3. The lowest BCUT2D eigenvalue weighted by atomic mass is 10.2. The third-order valence-corrected chi connectivity index (χ3v) is 2.82. The number of aliphatic hydroxyl groups is 1. The predicted octanol–water partition coefficient (Wildman–Crippen LogP) is 2.10. The second kappa shape index (κ2) is 2.77. The molecule has 0 aliphatic rings. The van der Waals surface area contributed by atoms with Crippen LogP contribution < -0.4 is 0 Å². The van der Waals surface area contributed by atoms with Gasteiger partial charge in [-0.25, -0.2) is 0 Å². The minimum Gasteiger partial charge on any atom is -0.507 e. The second-order valence-electron chi connectivity index (χ2n) is 2.57. The van der Waals surface area contributed by atoms with Crippen LogP contribution in [0, 0.1) is 0 Å². The van der Waals surface area contributed by atoms with Gasteiger partial charge in [0.2, 0.25) is 0 Å². The van der Waals surface area contributed by atoms with Crippen LogP contribution in [0.15, 0.2) is 23.6 Å². The first-order valence-corrected chi connectivity index (χ1v) is 4.50. The molecule has 2 nitrogen and oxygen atoms in total. The summed E-state index contributed by atoms with van der Waals surface area (Å²) >= 11 is 1.53. The van der Waals surface area contributed by atoms with Gasteiger partial charge < -0.3 is 10.2 Å². The van der Waals surface area contributed by atoms with Crippen molar-refractivity contribution in [2.24, 2.45) is 0 Å². The molecule has 0 unspecified atom stereocenters. The van der Waals surface area contributed by atoms with E-state index in [1.54, 1.807) is 12.1 Å². The fourth-order valence-electron chi connectivity index (χ4n) is 1.25. The van der Waals surface area contributed by atoms with Crippen LogP contribution in [0.5, 0.6) is 5.75 Å². The second-order valence-corrected chi connectivity index (χ2v) is 3.48. The van der Waals surface area contributed by atoms with Crippen LogP contribution in [0.2, 0.25) is 0 Å². The van der Waals surface area contributed by atoms with E-state index in [1.165, 1.54) is 11.3 Å². The van der Waals surface area contributed by atoms with Crippen molar-refractivity contribution in [3.05, 3.63) is 29.1 Å². The van der Waals surface area contributed by atoms with Gasteiger partial charge in [-0.1, -0.05) is 6.07 Å². The van der Waals surface area contributed by atoms with Crippen molar-refractivity contribution in [1.82, 2.24) is 0 Å². The molecule has 1 heterocycles. The standard InChI is InChI=1S/C9H8O2S/c10-4-6-5-12-8-3-1-2-7(11)9(6)8/h1-3,5,10-11H,4H2. The molecule has 0 fully saturated rings. The van der Waals surface area contributed by atoms with Gasteiger partial charge in [-0.05, 0) is 23.1 Å². The number of aromatic hydroxyl groups is 1. The maximum atomic E-state index is 9.47. The summed E-state index contributed by atoms with van der Waals surface area (Å²) in [6.45, 7) is -0.0163. The minimum absolute atomic E-state index is 0.0163. The van der Waals surface area contributed by atoms with Crippen molar-refractivity contribution >= 4 is 21.4 Å². The molecule has 0 amide bonds. The monoisotopic (exact) mass is 180 g/mol. The zero-order valence-corrected chi connectivity index (χ0v) is 7.14. The summed E-state index contributed by atoms with van der Waals surface area (Å²) in [7, 11) is 0. The lowest BCUT2D eigenvalue weighted by Gasteiger charge is -1.96. The maximum Gasteiger partial charge on any atom is 0.124 e. The van der Waals surface area contributed by atoms with Crippen LogP contribution in [-0.4, -0.2) is 10.2 Å². The third kappa shape index (κ3) is 0.983. The molecule has 0 atom stereocenters. The van der Waals surface area contributed by atoms with Crippen LogP contribution >= 0.6 is 11.3 Å². The van der Waals surface area contributed by atoms with Gasteiger partial charge in [0.15, 0.2) is 0 Å². The Bertz CT molecular complexity index is 406. The minimum atomic E-state index is -0.0163. The van der Waals surface area contributed by atoms with Crippen LogP contribution in [0.25, 0.3) is 10.1 Å². The smallest absolute Gasteiger partial charge is 0.124 e. The number of benzene rings is 1. The molecule has 0 saturated heterocycles. The number of hydrogen-bond donors (Lipinski definition) is 2. The molecule has 0 radical (unpaired) electrons. The van der Waals surface area contributed by atoms with E-state index in [0.29, 0.717) is 0 Å². The van der Waals surface area contributed by atoms with E-state index in [4.69, 9.17) is 5.11 Å². The summed E-state index contributed by atoms with van der Waals surface area (Å²) in [5.74, 6) is 0.248. The Morgan fingerprint density at radius 1 is 1.33 bits per heavy atom. The first kappa shape index (κ1) is 7.58. The van der Waals surface area contributed by atoms with Gasteiger partial charge in [0.25, 0.3) is 0 Å². The molecule has 2 aromatic rings. The average Bonchev–Trinajstić information content (AvgIpc) is 2.49. The Labute approximate surface area is 73.7 Å². The lowest BCUT2D eigenvalue weighted by Crippen LogP contribution is -1.78. The molecule has 1 aromatic heterocycles. The first-order valence-electron chi connectivity index (χ1n) is 3.62. The highest BCUT2D eigenvalue weighted by molar-refractivity contribution is 7.17. The SMILES string of the molecule is OCc1csc2cccc(O)c12. The number of rotatable bonds is 1. The van der Waals surface area contributed by atoms with E-state index in [1.807, 2.05) is 11.4 Å². The highest BCUT2D eigenvalue weighted by atomic mass is 32.1. The summed E-state index contributed by atoms with van der Waals surface area (Å²) in [6, 6.07) is 5.36.